The zero-order valence-corrected chi connectivity index (χ0v) is 12.9. The highest BCUT2D eigenvalue weighted by atomic mass is 35.5. The number of halogens is 1. The molecule has 0 unspecified atom stereocenters. The highest BCUT2D eigenvalue weighted by Crippen LogP contribution is 2.20. The van der Waals surface area contributed by atoms with E-state index in [0.29, 0.717) is 17.1 Å². The van der Waals surface area contributed by atoms with Crippen LogP contribution in [0.5, 0.6) is 0 Å². The number of rotatable bonds is 3. The number of amides is 1. The van der Waals surface area contributed by atoms with Crippen LogP contribution in [0, 0.1) is 0 Å². The quantitative estimate of drug-likeness (QED) is 0.727. The Hall–Kier alpha value is -2.39. The molecule has 3 rings (SSSR count). The molecule has 22 heavy (non-hydrogen) atoms. The third-order valence-corrected chi connectivity index (χ3v) is 3.94. The van der Waals surface area contributed by atoms with Crippen molar-refractivity contribution in [1.29, 1.82) is 0 Å². The maximum atomic E-state index is 12.7. The summed E-state index contributed by atoms with van der Waals surface area (Å²) in [5, 5.41) is 1.62. The minimum atomic E-state index is -0.0655. The number of benzene rings is 2. The fourth-order valence-electron chi connectivity index (χ4n) is 2.44. The van der Waals surface area contributed by atoms with E-state index in [1.807, 2.05) is 48.5 Å². The maximum Gasteiger partial charge on any atom is 0.256 e. The number of fused-ring (bicyclic) bond motifs is 1. The molecular weight excluding hydrogens is 296 g/mol. The third kappa shape index (κ3) is 2.81. The first-order valence-electron chi connectivity index (χ1n) is 6.99. The van der Waals surface area contributed by atoms with E-state index in [1.54, 1.807) is 24.2 Å². The van der Waals surface area contributed by atoms with Gasteiger partial charge in [0.1, 0.15) is 0 Å². The first kappa shape index (κ1) is 14.5. The summed E-state index contributed by atoms with van der Waals surface area (Å²) in [4.78, 5) is 18.7. The molecule has 0 N–H and O–H groups in total. The number of pyridine rings is 1. The van der Waals surface area contributed by atoms with Gasteiger partial charge in [-0.15, -0.1) is 0 Å². The van der Waals surface area contributed by atoms with Crippen molar-refractivity contribution in [3.8, 4) is 0 Å². The van der Waals surface area contributed by atoms with E-state index in [-0.39, 0.29) is 5.91 Å². The van der Waals surface area contributed by atoms with Crippen LogP contribution in [0.25, 0.3) is 10.9 Å². The van der Waals surface area contributed by atoms with Crippen molar-refractivity contribution in [3.05, 3.63) is 76.9 Å². The SMILES string of the molecule is CN(Cc1ccccc1Cl)C(=O)c1cccc2cccnc12. The normalized spacial score (nSPS) is 10.6. The Balaban J connectivity index is 1.91. The minimum absolute atomic E-state index is 0.0655. The predicted octanol–water partition coefficient (Wildman–Crippen LogP) is 4.16. The van der Waals surface area contributed by atoms with Crippen LogP contribution in [0.2, 0.25) is 5.02 Å². The van der Waals surface area contributed by atoms with Crippen molar-refractivity contribution in [2.45, 2.75) is 6.54 Å². The molecule has 0 atom stereocenters. The molecule has 0 saturated heterocycles. The highest BCUT2D eigenvalue weighted by Gasteiger charge is 2.16. The standard InChI is InChI=1S/C18H15ClN2O/c1-21(12-14-6-2-3-10-16(14)19)18(22)15-9-4-7-13-8-5-11-20-17(13)15/h2-11H,12H2,1H3. The van der Waals surface area contributed by atoms with Crippen molar-refractivity contribution >= 4 is 28.4 Å². The minimum Gasteiger partial charge on any atom is -0.337 e. The van der Waals surface area contributed by atoms with Gasteiger partial charge in [-0.1, -0.05) is 48.0 Å². The summed E-state index contributed by atoms with van der Waals surface area (Å²) in [6, 6.07) is 17.0. The second-order valence-corrected chi connectivity index (χ2v) is 5.54. The van der Waals surface area contributed by atoms with E-state index < -0.39 is 0 Å². The van der Waals surface area contributed by atoms with Gasteiger partial charge in [-0.05, 0) is 23.8 Å². The van der Waals surface area contributed by atoms with E-state index >= 15 is 0 Å². The molecule has 1 aromatic heterocycles. The summed E-state index contributed by atoms with van der Waals surface area (Å²) in [6.07, 6.45) is 1.70. The topological polar surface area (TPSA) is 33.2 Å². The van der Waals surface area contributed by atoms with Crippen LogP contribution in [-0.2, 0) is 6.54 Å². The van der Waals surface area contributed by atoms with Crippen LogP contribution in [0.1, 0.15) is 15.9 Å². The van der Waals surface area contributed by atoms with Crippen LogP contribution in [-0.4, -0.2) is 22.8 Å². The van der Waals surface area contributed by atoms with Gasteiger partial charge in [0.15, 0.2) is 0 Å². The molecule has 0 bridgehead atoms. The van der Waals surface area contributed by atoms with Gasteiger partial charge in [-0.3, -0.25) is 9.78 Å². The number of para-hydroxylation sites is 1. The van der Waals surface area contributed by atoms with Crippen molar-refractivity contribution in [2.75, 3.05) is 7.05 Å². The fourth-order valence-corrected chi connectivity index (χ4v) is 2.63. The van der Waals surface area contributed by atoms with Crippen LogP contribution in [0.15, 0.2) is 60.8 Å². The molecule has 1 amide bonds. The second-order valence-electron chi connectivity index (χ2n) is 5.13. The molecule has 0 aliphatic rings. The van der Waals surface area contributed by atoms with Gasteiger partial charge < -0.3 is 4.90 Å². The Morgan fingerprint density at radius 1 is 1.09 bits per heavy atom. The van der Waals surface area contributed by atoms with Gasteiger partial charge in [0, 0.05) is 30.2 Å². The lowest BCUT2D eigenvalue weighted by molar-refractivity contribution is 0.0787. The smallest absolute Gasteiger partial charge is 0.256 e. The molecular formula is C18H15ClN2O. The molecule has 2 aromatic carbocycles. The van der Waals surface area contributed by atoms with E-state index in [0.717, 1.165) is 16.5 Å². The molecule has 0 fully saturated rings. The Bertz CT molecular complexity index is 827. The van der Waals surface area contributed by atoms with Crippen LogP contribution < -0.4 is 0 Å². The Morgan fingerprint density at radius 3 is 2.68 bits per heavy atom. The second kappa shape index (κ2) is 6.16. The van der Waals surface area contributed by atoms with E-state index in [2.05, 4.69) is 4.98 Å². The van der Waals surface area contributed by atoms with Crippen molar-refractivity contribution in [1.82, 2.24) is 9.88 Å². The lowest BCUT2D eigenvalue weighted by atomic mass is 10.1. The van der Waals surface area contributed by atoms with Crippen LogP contribution in [0.3, 0.4) is 0 Å². The molecule has 1 heterocycles. The number of aromatic nitrogens is 1. The maximum absolute atomic E-state index is 12.7. The zero-order valence-electron chi connectivity index (χ0n) is 12.2. The lowest BCUT2D eigenvalue weighted by Gasteiger charge is -2.18. The van der Waals surface area contributed by atoms with Gasteiger partial charge in [0.05, 0.1) is 11.1 Å². The van der Waals surface area contributed by atoms with E-state index in [4.69, 9.17) is 11.6 Å². The molecule has 0 aliphatic heterocycles. The Morgan fingerprint density at radius 2 is 1.86 bits per heavy atom. The Kier molecular flexibility index (Phi) is 4.07. The summed E-state index contributed by atoms with van der Waals surface area (Å²) in [6.45, 7) is 0.460. The molecule has 0 radical (unpaired) electrons. The third-order valence-electron chi connectivity index (χ3n) is 3.58. The van der Waals surface area contributed by atoms with Gasteiger partial charge in [0.25, 0.3) is 5.91 Å². The first-order chi connectivity index (χ1) is 10.7. The molecule has 0 saturated carbocycles. The molecule has 3 aromatic rings. The molecule has 4 heteroatoms. The number of carbonyl (C=O) groups is 1. The number of carbonyl (C=O) groups excluding carboxylic acids is 1. The van der Waals surface area contributed by atoms with Gasteiger partial charge in [-0.25, -0.2) is 0 Å². The molecule has 0 aliphatic carbocycles. The highest BCUT2D eigenvalue weighted by molar-refractivity contribution is 6.31. The summed E-state index contributed by atoms with van der Waals surface area (Å²) in [5.41, 5.74) is 2.25. The van der Waals surface area contributed by atoms with Crippen molar-refractivity contribution in [3.63, 3.8) is 0 Å². The average molecular weight is 311 g/mol. The summed E-state index contributed by atoms with van der Waals surface area (Å²) < 4.78 is 0. The summed E-state index contributed by atoms with van der Waals surface area (Å²) in [5.74, 6) is -0.0655. The largest absolute Gasteiger partial charge is 0.337 e. The summed E-state index contributed by atoms with van der Waals surface area (Å²) >= 11 is 6.16. The van der Waals surface area contributed by atoms with Gasteiger partial charge in [0.2, 0.25) is 0 Å². The lowest BCUT2D eigenvalue weighted by Crippen LogP contribution is -2.26. The molecule has 0 spiro atoms. The molecule has 3 nitrogen and oxygen atoms in total. The number of hydrogen-bond donors (Lipinski definition) is 0. The van der Waals surface area contributed by atoms with Gasteiger partial charge >= 0.3 is 0 Å². The van der Waals surface area contributed by atoms with Crippen molar-refractivity contribution in [2.24, 2.45) is 0 Å². The van der Waals surface area contributed by atoms with Crippen LogP contribution in [0.4, 0.5) is 0 Å². The average Bonchev–Trinajstić information content (AvgIpc) is 2.55. The fraction of sp³-hybridized carbons (Fsp3) is 0.111. The van der Waals surface area contributed by atoms with Crippen molar-refractivity contribution < 1.29 is 4.79 Å². The van der Waals surface area contributed by atoms with Crippen LogP contribution >= 0.6 is 11.6 Å². The van der Waals surface area contributed by atoms with E-state index in [1.165, 1.54) is 0 Å². The number of hydrogen-bond acceptors (Lipinski definition) is 2. The first-order valence-corrected chi connectivity index (χ1v) is 7.37. The van der Waals surface area contributed by atoms with E-state index in [9.17, 15) is 4.79 Å². The Labute approximate surface area is 134 Å². The number of nitrogens with zero attached hydrogens (tertiary/aromatic N) is 2. The monoisotopic (exact) mass is 310 g/mol. The van der Waals surface area contributed by atoms with Gasteiger partial charge in [-0.2, -0.15) is 0 Å². The summed E-state index contributed by atoms with van der Waals surface area (Å²) in [7, 11) is 1.77. The predicted molar refractivity (Wildman–Crippen MR) is 89.0 cm³/mol. The zero-order chi connectivity index (χ0) is 15.5. The molecule has 110 valence electrons.